The number of likely N-dealkylation sites (tertiary alicyclic amines) is 1. The van der Waals surface area contributed by atoms with Gasteiger partial charge in [-0.15, -0.1) is 11.3 Å². The second kappa shape index (κ2) is 9.64. The summed E-state index contributed by atoms with van der Waals surface area (Å²) in [5, 5.41) is 5.08. The fourth-order valence-corrected chi connectivity index (χ4v) is 5.66. The number of thiophene rings is 1. The SMILES string of the molecule is O=C(NCC(c1cccs1)N1CCCC1)c1ccc(S(=O)(=O)Nc2ccccc2)cc1. The lowest BCUT2D eigenvalue weighted by atomic mass is 10.2. The minimum atomic E-state index is -3.71. The second-order valence-corrected chi connectivity index (χ2v) is 10.1. The van der Waals surface area contributed by atoms with Crippen LogP contribution >= 0.6 is 11.3 Å². The molecular weight excluding hydrogens is 430 g/mol. The van der Waals surface area contributed by atoms with Gasteiger partial charge < -0.3 is 5.32 Å². The van der Waals surface area contributed by atoms with Crippen molar-refractivity contribution in [1.82, 2.24) is 10.2 Å². The van der Waals surface area contributed by atoms with E-state index in [0.717, 1.165) is 13.1 Å². The van der Waals surface area contributed by atoms with E-state index in [0.29, 0.717) is 17.8 Å². The summed E-state index contributed by atoms with van der Waals surface area (Å²) >= 11 is 1.70. The minimum absolute atomic E-state index is 0.112. The molecule has 0 spiro atoms. The van der Waals surface area contributed by atoms with Crippen LogP contribution in [0.2, 0.25) is 0 Å². The molecule has 1 fully saturated rings. The zero-order valence-electron chi connectivity index (χ0n) is 17.0. The van der Waals surface area contributed by atoms with E-state index in [1.54, 1.807) is 47.7 Å². The molecule has 31 heavy (non-hydrogen) atoms. The first-order valence-corrected chi connectivity index (χ1v) is 12.6. The van der Waals surface area contributed by atoms with Crippen LogP contribution in [0, 0.1) is 0 Å². The summed E-state index contributed by atoms with van der Waals surface area (Å²) in [5.74, 6) is -0.208. The van der Waals surface area contributed by atoms with E-state index in [1.807, 2.05) is 12.1 Å². The molecule has 8 heteroatoms. The maximum absolute atomic E-state index is 12.7. The first-order chi connectivity index (χ1) is 15.0. The zero-order valence-corrected chi connectivity index (χ0v) is 18.7. The van der Waals surface area contributed by atoms with E-state index in [2.05, 4.69) is 26.4 Å². The van der Waals surface area contributed by atoms with E-state index in [9.17, 15) is 13.2 Å². The Bertz CT molecular complexity index is 1090. The average Bonchev–Trinajstić information content (AvgIpc) is 3.49. The van der Waals surface area contributed by atoms with Gasteiger partial charge in [-0.2, -0.15) is 0 Å². The van der Waals surface area contributed by atoms with Crippen LogP contribution in [0.3, 0.4) is 0 Å². The molecule has 1 aliphatic heterocycles. The molecule has 4 rings (SSSR count). The van der Waals surface area contributed by atoms with E-state index >= 15 is 0 Å². The van der Waals surface area contributed by atoms with E-state index < -0.39 is 10.0 Å². The molecule has 2 aromatic carbocycles. The van der Waals surface area contributed by atoms with Crippen LogP contribution in [0.15, 0.2) is 77.0 Å². The van der Waals surface area contributed by atoms with Gasteiger partial charge in [0.1, 0.15) is 0 Å². The first-order valence-electron chi connectivity index (χ1n) is 10.3. The molecule has 0 saturated carbocycles. The van der Waals surface area contributed by atoms with Gasteiger partial charge in [0.25, 0.3) is 15.9 Å². The number of hydrogen-bond donors (Lipinski definition) is 2. The highest BCUT2D eigenvalue weighted by Crippen LogP contribution is 2.28. The highest BCUT2D eigenvalue weighted by Gasteiger charge is 2.25. The van der Waals surface area contributed by atoms with Crippen LogP contribution in [0.4, 0.5) is 5.69 Å². The van der Waals surface area contributed by atoms with Gasteiger partial charge in [0.15, 0.2) is 0 Å². The lowest BCUT2D eigenvalue weighted by molar-refractivity contribution is 0.0938. The largest absolute Gasteiger partial charge is 0.350 e. The molecule has 1 aliphatic rings. The Morgan fingerprint density at radius 3 is 2.32 bits per heavy atom. The standard InChI is InChI=1S/C23H25N3O3S2/c27-23(24-17-21(22-9-6-16-30-22)26-14-4-5-15-26)18-10-12-20(13-11-18)31(28,29)25-19-7-2-1-3-8-19/h1-3,6-13,16,21,25H,4-5,14-15,17H2,(H,24,27). The van der Waals surface area contributed by atoms with Crippen LogP contribution < -0.4 is 10.0 Å². The van der Waals surface area contributed by atoms with Crippen molar-refractivity contribution in [2.75, 3.05) is 24.4 Å². The molecule has 1 aromatic heterocycles. The van der Waals surface area contributed by atoms with Crippen molar-refractivity contribution < 1.29 is 13.2 Å². The van der Waals surface area contributed by atoms with Gasteiger partial charge in [-0.05, 0) is 73.8 Å². The predicted molar refractivity (Wildman–Crippen MR) is 124 cm³/mol. The number of nitrogens with zero attached hydrogens (tertiary/aromatic N) is 1. The number of hydrogen-bond acceptors (Lipinski definition) is 5. The van der Waals surface area contributed by atoms with E-state index in [1.165, 1.54) is 29.9 Å². The fourth-order valence-electron chi connectivity index (χ4n) is 3.74. The summed E-state index contributed by atoms with van der Waals surface area (Å²) in [6, 6.07) is 19.0. The van der Waals surface area contributed by atoms with Gasteiger partial charge in [-0.3, -0.25) is 14.4 Å². The van der Waals surface area contributed by atoms with Gasteiger partial charge in [0.2, 0.25) is 0 Å². The van der Waals surface area contributed by atoms with Gasteiger partial charge in [-0.25, -0.2) is 8.42 Å². The number of nitrogens with one attached hydrogen (secondary N) is 2. The number of carbonyl (C=O) groups is 1. The lowest BCUT2D eigenvalue weighted by Gasteiger charge is -2.27. The summed E-state index contributed by atoms with van der Waals surface area (Å²) in [6.07, 6.45) is 2.37. The molecule has 1 saturated heterocycles. The number of para-hydroxylation sites is 1. The predicted octanol–water partition coefficient (Wildman–Crippen LogP) is 4.12. The Hall–Kier alpha value is -2.68. The Labute approximate surface area is 187 Å². The molecular formula is C23H25N3O3S2. The van der Waals surface area contributed by atoms with E-state index in [-0.39, 0.29) is 16.8 Å². The maximum atomic E-state index is 12.7. The van der Waals surface area contributed by atoms with Crippen LogP contribution in [-0.2, 0) is 10.0 Å². The summed E-state index contributed by atoms with van der Waals surface area (Å²) < 4.78 is 27.7. The minimum Gasteiger partial charge on any atom is -0.350 e. The number of sulfonamides is 1. The topological polar surface area (TPSA) is 78.5 Å². The molecule has 0 radical (unpaired) electrons. The Balaban J connectivity index is 1.41. The quantitative estimate of drug-likeness (QED) is 0.536. The van der Waals surface area contributed by atoms with Gasteiger partial charge in [-0.1, -0.05) is 24.3 Å². The summed E-state index contributed by atoms with van der Waals surface area (Å²) in [6.45, 7) is 2.60. The summed E-state index contributed by atoms with van der Waals surface area (Å²) in [4.78, 5) is 16.5. The normalized spacial score (nSPS) is 15.5. The monoisotopic (exact) mass is 455 g/mol. The van der Waals surface area contributed by atoms with Crippen LogP contribution in [0.1, 0.15) is 34.1 Å². The molecule has 1 unspecified atom stereocenters. The molecule has 2 heterocycles. The van der Waals surface area contributed by atoms with Gasteiger partial charge in [0.05, 0.1) is 10.9 Å². The third-order valence-corrected chi connectivity index (χ3v) is 7.73. The van der Waals surface area contributed by atoms with Crippen molar-refractivity contribution in [3.05, 3.63) is 82.6 Å². The molecule has 0 aliphatic carbocycles. The average molecular weight is 456 g/mol. The number of amides is 1. The summed E-state index contributed by atoms with van der Waals surface area (Å²) in [7, 11) is -3.71. The highest BCUT2D eigenvalue weighted by atomic mass is 32.2. The third kappa shape index (κ3) is 5.33. The van der Waals surface area contributed by atoms with Gasteiger partial charge >= 0.3 is 0 Å². The van der Waals surface area contributed by atoms with Crippen molar-refractivity contribution in [3.8, 4) is 0 Å². The smallest absolute Gasteiger partial charge is 0.261 e. The maximum Gasteiger partial charge on any atom is 0.261 e. The van der Waals surface area contributed by atoms with Crippen LogP contribution in [0.5, 0.6) is 0 Å². The molecule has 1 atom stereocenters. The second-order valence-electron chi connectivity index (χ2n) is 7.48. The number of rotatable bonds is 8. The summed E-state index contributed by atoms with van der Waals surface area (Å²) in [5.41, 5.74) is 0.927. The number of anilines is 1. The Morgan fingerprint density at radius 1 is 0.968 bits per heavy atom. The van der Waals surface area contributed by atoms with Crippen molar-refractivity contribution in [2.24, 2.45) is 0 Å². The molecule has 3 aromatic rings. The molecule has 162 valence electrons. The first kappa shape index (κ1) is 21.5. The Kier molecular flexibility index (Phi) is 6.70. The fraction of sp³-hybridized carbons (Fsp3) is 0.261. The van der Waals surface area contributed by atoms with E-state index in [4.69, 9.17) is 0 Å². The van der Waals surface area contributed by atoms with Crippen molar-refractivity contribution in [1.29, 1.82) is 0 Å². The molecule has 0 bridgehead atoms. The lowest BCUT2D eigenvalue weighted by Crippen LogP contribution is -2.36. The zero-order chi connectivity index (χ0) is 21.7. The van der Waals surface area contributed by atoms with Gasteiger partial charge in [0, 0.05) is 22.7 Å². The third-order valence-electron chi connectivity index (χ3n) is 5.36. The Morgan fingerprint density at radius 2 is 1.68 bits per heavy atom. The molecule has 6 nitrogen and oxygen atoms in total. The molecule has 1 amide bonds. The highest BCUT2D eigenvalue weighted by molar-refractivity contribution is 7.92. The number of carbonyl (C=O) groups excluding carboxylic acids is 1. The van der Waals surface area contributed by atoms with Crippen LogP contribution in [-0.4, -0.2) is 38.9 Å². The van der Waals surface area contributed by atoms with Crippen molar-refractivity contribution in [2.45, 2.75) is 23.8 Å². The number of benzene rings is 2. The van der Waals surface area contributed by atoms with Crippen LogP contribution in [0.25, 0.3) is 0 Å². The van der Waals surface area contributed by atoms with Crippen molar-refractivity contribution in [3.63, 3.8) is 0 Å². The van der Waals surface area contributed by atoms with Crippen molar-refractivity contribution >= 4 is 33.0 Å². The molecule has 2 N–H and O–H groups in total.